The van der Waals surface area contributed by atoms with Crippen LogP contribution in [-0.4, -0.2) is 48.8 Å². The second-order valence-electron chi connectivity index (χ2n) is 6.04. The lowest BCUT2D eigenvalue weighted by Crippen LogP contribution is -2.42. The topological polar surface area (TPSA) is 88.8 Å². The zero-order valence-electron chi connectivity index (χ0n) is 12.9. The van der Waals surface area contributed by atoms with Crippen LogP contribution < -0.4 is 5.32 Å². The van der Waals surface area contributed by atoms with E-state index >= 15 is 0 Å². The van der Waals surface area contributed by atoms with Gasteiger partial charge in [-0.25, -0.2) is 14.8 Å². The number of nitrogens with one attached hydrogen (secondary N) is 1. The highest BCUT2D eigenvalue weighted by Crippen LogP contribution is 2.28. The maximum absolute atomic E-state index is 12.4. The van der Waals surface area contributed by atoms with Gasteiger partial charge in [0.2, 0.25) is 0 Å². The van der Waals surface area contributed by atoms with Crippen molar-refractivity contribution in [2.75, 3.05) is 18.4 Å². The van der Waals surface area contributed by atoms with Crippen LogP contribution in [0, 0.1) is 0 Å². The quantitative estimate of drug-likeness (QED) is 0.906. The number of urea groups is 1. The lowest BCUT2D eigenvalue weighted by Gasteiger charge is -2.32. The summed E-state index contributed by atoms with van der Waals surface area (Å²) in [6.45, 7) is 2.44. The number of hydrogen-bond donors (Lipinski definition) is 1. The minimum absolute atomic E-state index is 0.116. The van der Waals surface area contributed by atoms with Crippen LogP contribution in [0.15, 0.2) is 18.6 Å². The van der Waals surface area contributed by atoms with Gasteiger partial charge in [-0.3, -0.25) is 5.32 Å². The predicted molar refractivity (Wildman–Crippen MR) is 82.9 cm³/mol. The van der Waals surface area contributed by atoms with Crippen molar-refractivity contribution in [3.63, 3.8) is 0 Å². The monoisotopic (exact) mass is 313 g/mol. The molecule has 0 aromatic carbocycles. The number of fused-ring (bicyclic) bond motifs is 1. The maximum atomic E-state index is 12.4. The van der Waals surface area contributed by atoms with Gasteiger partial charge in [0.1, 0.15) is 23.8 Å². The van der Waals surface area contributed by atoms with Crippen LogP contribution >= 0.6 is 0 Å². The zero-order valence-corrected chi connectivity index (χ0v) is 12.9. The predicted octanol–water partition coefficient (Wildman–Crippen LogP) is 1.43. The second-order valence-corrected chi connectivity index (χ2v) is 6.04. The minimum Gasteiger partial charge on any atom is -0.324 e. The third kappa shape index (κ3) is 2.76. The van der Waals surface area contributed by atoms with E-state index in [4.69, 9.17) is 0 Å². The Hall–Kier alpha value is -2.51. The van der Waals surface area contributed by atoms with E-state index in [1.807, 2.05) is 4.90 Å². The number of carbonyl (C=O) groups excluding carboxylic acids is 1. The van der Waals surface area contributed by atoms with Crippen molar-refractivity contribution in [1.29, 1.82) is 0 Å². The van der Waals surface area contributed by atoms with Gasteiger partial charge in [0.05, 0.1) is 0 Å². The number of carbonyl (C=O) groups is 1. The first-order valence-corrected chi connectivity index (χ1v) is 8.05. The molecule has 0 spiro atoms. The highest BCUT2D eigenvalue weighted by molar-refractivity contribution is 5.88. The molecule has 4 heterocycles. The molecule has 0 aliphatic carbocycles. The number of nitrogens with zero attached hydrogens (tertiary/aromatic N) is 6. The number of anilines is 1. The lowest BCUT2D eigenvalue weighted by molar-refractivity contribution is 0.190. The number of rotatable bonds is 2. The summed E-state index contributed by atoms with van der Waals surface area (Å²) in [5.41, 5.74) is 0. The average Bonchev–Trinajstić information content (AvgIpc) is 3.19. The smallest absolute Gasteiger partial charge is 0.323 e. The molecule has 2 aromatic heterocycles. The maximum Gasteiger partial charge on any atom is 0.323 e. The van der Waals surface area contributed by atoms with E-state index in [-0.39, 0.29) is 11.9 Å². The molecule has 1 atom stereocenters. The molecule has 2 aliphatic heterocycles. The van der Waals surface area contributed by atoms with E-state index in [1.54, 1.807) is 12.3 Å². The summed E-state index contributed by atoms with van der Waals surface area (Å²) in [5, 5.41) is 11.5. The third-order valence-corrected chi connectivity index (χ3v) is 4.53. The van der Waals surface area contributed by atoms with Gasteiger partial charge in [-0.05, 0) is 25.3 Å². The Kier molecular flexibility index (Phi) is 3.64. The second kappa shape index (κ2) is 5.94. The van der Waals surface area contributed by atoms with E-state index in [9.17, 15) is 4.79 Å². The summed E-state index contributed by atoms with van der Waals surface area (Å²) in [6, 6.07) is 1.57. The van der Waals surface area contributed by atoms with Crippen molar-refractivity contribution in [2.24, 2.45) is 0 Å². The lowest BCUT2D eigenvalue weighted by atomic mass is 9.97. The molecule has 2 amide bonds. The first-order chi connectivity index (χ1) is 11.3. The van der Waals surface area contributed by atoms with Gasteiger partial charge in [-0.1, -0.05) is 0 Å². The first kappa shape index (κ1) is 14.1. The average molecular weight is 313 g/mol. The van der Waals surface area contributed by atoms with E-state index in [0.717, 1.165) is 50.4 Å². The molecule has 2 aliphatic rings. The number of piperidine rings is 1. The highest BCUT2D eigenvalue weighted by Gasteiger charge is 2.30. The van der Waals surface area contributed by atoms with Crippen molar-refractivity contribution in [3.05, 3.63) is 30.2 Å². The molecule has 1 saturated heterocycles. The number of hydrogen-bond acceptors (Lipinski definition) is 5. The van der Waals surface area contributed by atoms with Crippen molar-refractivity contribution >= 4 is 11.8 Å². The van der Waals surface area contributed by atoms with E-state index in [1.165, 1.54) is 6.33 Å². The van der Waals surface area contributed by atoms with Crippen LogP contribution in [0.3, 0.4) is 0 Å². The van der Waals surface area contributed by atoms with Crippen LogP contribution in [-0.2, 0) is 13.0 Å². The number of likely N-dealkylation sites (tertiary alicyclic amines) is 1. The van der Waals surface area contributed by atoms with Gasteiger partial charge >= 0.3 is 6.03 Å². The largest absolute Gasteiger partial charge is 0.324 e. The van der Waals surface area contributed by atoms with E-state index in [2.05, 4.69) is 30.0 Å². The standard InChI is InChI=1S/C15H19N7O/c23-15(18-12-5-6-16-10-17-12)21-7-1-3-11(9-21)14-20-19-13-4-2-8-22(13)14/h5-6,10-11H,1-4,7-9H2,(H,16,17,18,23). The van der Waals surface area contributed by atoms with Crippen LogP contribution in [0.5, 0.6) is 0 Å². The van der Waals surface area contributed by atoms with E-state index < -0.39 is 0 Å². The molecule has 120 valence electrons. The Labute approximate surface area is 133 Å². The molecule has 4 rings (SSSR count). The molecular formula is C15H19N7O. The Balaban J connectivity index is 1.45. The van der Waals surface area contributed by atoms with Crippen LogP contribution in [0.25, 0.3) is 0 Å². The molecule has 0 bridgehead atoms. The molecule has 1 fully saturated rings. The van der Waals surface area contributed by atoms with Gasteiger partial charge in [0, 0.05) is 38.2 Å². The fourth-order valence-electron chi connectivity index (χ4n) is 3.40. The van der Waals surface area contributed by atoms with Crippen molar-refractivity contribution in [2.45, 2.75) is 38.1 Å². The normalized spacial score (nSPS) is 20.3. The summed E-state index contributed by atoms with van der Waals surface area (Å²) < 4.78 is 2.23. The number of aryl methyl sites for hydroxylation is 1. The molecule has 1 N–H and O–H groups in total. The Morgan fingerprint density at radius 2 is 2.22 bits per heavy atom. The molecule has 2 aromatic rings. The van der Waals surface area contributed by atoms with Crippen molar-refractivity contribution in [3.8, 4) is 0 Å². The van der Waals surface area contributed by atoms with Gasteiger partial charge in [-0.15, -0.1) is 10.2 Å². The first-order valence-electron chi connectivity index (χ1n) is 8.05. The highest BCUT2D eigenvalue weighted by atomic mass is 16.2. The summed E-state index contributed by atoms with van der Waals surface area (Å²) in [7, 11) is 0. The molecular weight excluding hydrogens is 294 g/mol. The van der Waals surface area contributed by atoms with Crippen LogP contribution in [0.1, 0.15) is 36.8 Å². The molecule has 23 heavy (non-hydrogen) atoms. The van der Waals surface area contributed by atoms with Gasteiger partial charge < -0.3 is 9.47 Å². The zero-order chi connectivity index (χ0) is 15.6. The summed E-state index contributed by atoms with van der Waals surface area (Å²) in [5.74, 6) is 2.91. The van der Waals surface area contributed by atoms with E-state index in [0.29, 0.717) is 12.4 Å². The van der Waals surface area contributed by atoms with Gasteiger partial charge in [0.25, 0.3) is 0 Å². The molecule has 0 saturated carbocycles. The fraction of sp³-hybridized carbons (Fsp3) is 0.533. The fourth-order valence-corrected chi connectivity index (χ4v) is 3.40. The molecule has 8 nitrogen and oxygen atoms in total. The van der Waals surface area contributed by atoms with Crippen molar-refractivity contribution in [1.82, 2.24) is 29.6 Å². The van der Waals surface area contributed by atoms with Crippen LogP contribution in [0.2, 0.25) is 0 Å². The Morgan fingerprint density at radius 1 is 1.26 bits per heavy atom. The molecule has 8 heteroatoms. The Morgan fingerprint density at radius 3 is 3.09 bits per heavy atom. The number of amides is 2. The minimum atomic E-state index is -0.116. The summed E-state index contributed by atoms with van der Waals surface area (Å²) in [4.78, 5) is 22.2. The van der Waals surface area contributed by atoms with Gasteiger partial charge in [0.15, 0.2) is 0 Å². The van der Waals surface area contributed by atoms with Crippen molar-refractivity contribution < 1.29 is 4.79 Å². The SMILES string of the molecule is O=C(Nc1ccncn1)N1CCCC(c2nnc3n2CCC3)C1. The summed E-state index contributed by atoms with van der Waals surface area (Å²) >= 11 is 0. The van der Waals surface area contributed by atoms with Crippen LogP contribution in [0.4, 0.5) is 10.6 Å². The molecule has 1 unspecified atom stereocenters. The third-order valence-electron chi connectivity index (χ3n) is 4.53. The van der Waals surface area contributed by atoms with Gasteiger partial charge in [-0.2, -0.15) is 0 Å². The summed E-state index contributed by atoms with van der Waals surface area (Å²) in [6.07, 6.45) is 7.22. The Bertz CT molecular complexity index is 699. The number of aromatic nitrogens is 5. The molecule has 0 radical (unpaired) electrons.